The zero-order valence-corrected chi connectivity index (χ0v) is 18.5. The fraction of sp³-hybridized carbons (Fsp3) is 0.143. The van der Waals surface area contributed by atoms with Gasteiger partial charge in [0.25, 0.3) is 5.91 Å². The number of anilines is 1. The molecule has 0 radical (unpaired) electrons. The Bertz CT molecular complexity index is 1520. The van der Waals surface area contributed by atoms with Crippen molar-refractivity contribution in [2.45, 2.75) is 20.0 Å². The van der Waals surface area contributed by atoms with Crippen molar-refractivity contribution in [2.75, 3.05) is 5.32 Å². The standard InChI is InChI=1S/C21H15F3N8OS/c1-11-7-15(12(2)29-19(11)32-26-4-5-27-32)30-20(33)14-8-28-31(18(14)21(22,23)24)16-9-25-10-17-13(16)3-6-34-17/h3-10H,1-2H3,(H,30,33). The van der Waals surface area contributed by atoms with E-state index in [-0.39, 0.29) is 11.4 Å². The largest absolute Gasteiger partial charge is 0.434 e. The molecule has 0 aromatic carbocycles. The molecule has 0 spiro atoms. The first-order valence-corrected chi connectivity index (χ1v) is 10.7. The number of aromatic nitrogens is 7. The number of alkyl halides is 3. The lowest BCUT2D eigenvalue weighted by atomic mass is 10.2. The average molecular weight is 484 g/mol. The zero-order chi connectivity index (χ0) is 24.0. The molecule has 34 heavy (non-hydrogen) atoms. The van der Waals surface area contributed by atoms with Crippen LogP contribution in [-0.2, 0) is 6.18 Å². The highest BCUT2D eigenvalue weighted by atomic mass is 32.1. The Morgan fingerprint density at radius 2 is 1.85 bits per heavy atom. The summed E-state index contributed by atoms with van der Waals surface area (Å²) in [6.45, 7) is 3.35. The molecule has 0 bridgehead atoms. The van der Waals surface area contributed by atoms with Gasteiger partial charge in [-0.1, -0.05) is 0 Å². The molecule has 0 aliphatic carbocycles. The van der Waals surface area contributed by atoms with Gasteiger partial charge in [0.2, 0.25) is 0 Å². The Kier molecular flexibility index (Phi) is 5.12. The smallest absolute Gasteiger partial charge is 0.320 e. The summed E-state index contributed by atoms with van der Waals surface area (Å²) in [6.07, 6.45) is 1.90. The predicted octanol–water partition coefficient (Wildman–Crippen LogP) is 4.35. The number of nitrogens with zero attached hydrogens (tertiary/aromatic N) is 7. The van der Waals surface area contributed by atoms with Crippen molar-refractivity contribution in [2.24, 2.45) is 0 Å². The summed E-state index contributed by atoms with van der Waals surface area (Å²) in [4.78, 5) is 22.7. The van der Waals surface area contributed by atoms with Gasteiger partial charge >= 0.3 is 6.18 Å². The maximum atomic E-state index is 14.1. The Hall–Kier alpha value is -4.13. The second-order valence-corrected chi connectivity index (χ2v) is 8.29. The van der Waals surface area contributed by atoms with Crippen molar-refractivity contribution in [1.82, 2.24) is 34.7 Å². The van der Waals surface area contributed by atoms with Gasteiger partial charge in [-0.3, -0.25) is 9.78 Å². The van der Waals surface area contributed by atoms with Gasteiger partial charge in [-0.05, 0) is 36.9 Å². The predicted molar refractivity (Wildman–Crippen MR) is 118 cm³/mol. The molecule has 172 valence electrons. The highest BCUT2D eigenvalue weighted by molar-refractivity contribution is 7.17. The number of carbonyl (C=O) groups is 1. The van der Waals surface area contributed by atoms with E-state index in [0.717, 1.165) is 6.20 Å². The first-order chi connectivity index (χ1) is 16.2. The van der Waals surface area contributed by atoms with Crippen molar-refractivity contribution in [3.63, 3.8) is 0 Å². The van der Waals surface area contributed by atoms with Crippen molar-refractivity contribution in [3.05, 3.63) is 71.0 Å². The van der Waals surface area contributed by atoms with Gasteiger partial charge < -0.3 is 5.32 Å². The average Bonchev–Trinajstić information content (AvgIpc) is 3.55. The fourth-order valence-corrected chi connectivity index (χ4v) is 4.33. The summed E-state index contributed by atoms with van der Waals surface area (Å²) < 4.78 is 43.8. The number of thiophene rings is 1. The SMILES string of the molecule is Cc1cc(NC(=O)c2cnn(-c3cncc4sccc34)c2C(F)(F)F)c(C)nc1-n1nccn1. The fourth-order valence-electron chi connectivity index (χ4n) is 3.55. The molecule has 0 saturated carbocycles. The van der Waals surface area contributed by atoms with Crippen molar-refractivity contribution >= 4 is 33.0 Å². The van der Waals surface area contributed by atoms with Gasteiger partial charge in [-0.15, -0.1) is 16.1 Å². The van der Waals surface area contributed by atoms with Crippen LogP contribution >= 0.6 is 11.3 Å². The van der Waals surface area contributed by atoms with Crippen LogP contribution in [0.1, 0.15) is 27.3 Å². The van der Waals surface area contributed by atoms with Crippen LogP contribution < -0.4 is 5.32 Å². The van der Waals surface area contributed by atoms with Crippen LogP contribution in [-0.4, -0.2) is 40.6 Å². The lowest BCUT2D eigenvalue weighted by Crippen LogP contribution is -2.21. The summed E-state index contributed by atoms with van der Waals surface area (Å²) >= 11 is 1.35. The van der Waals surface area contributed by atoms with Crippen LogP contribution in [0.15, 0.2) is 48.5 Å². The van der Waals surface area contributed by atoms with Gasteiger partial charge in [0.15, 0.2) is 11.5 Å². The quantitative estimate of drug-likeness (QED) is 0.407. The number of hydrogen-bond acceptors (Lipinski definition) is 7. The third-order valence-electron chi connectivity index (χ3n) is 5.10. The molecule has 0 aliphatic rings. The third kappa shape index (κ3) is 3.69. The molecular weight excluding hydrogens is 469 g/mol. The molecule has 5 rings (SSSR count). The van der Waals surface area contributed by atoms with Gasteiger partial charge in [0.05, 0.1) is 52.1 Å². The van der Waals surface area contributed by atoms with Crippen molar-refractivity contribution in [1.29, 1.82) is 0 Å². The van der Waals surface area contributed by atoms with Crippen molar-refractivity contribution in [3.8, 4) is 11.5 Å². The van der Waals surface area contributed by atoms with Crippen molar-refractivity contribution < 1.29 is 18.0 Å². The molecule has 5 heterocycles. The molecule has 0 atom stereocenters. The molecule has 0 fully saturated rings. The molecule has 0 aliphatic heterocycles. The monoisotopic (exact) mass is 484 g/mol. The van der Waals surface area contributed by atoms with Crippen LogP contribution in [0.3, 0.4) is 0 Å². The van der Waals surface area contributed by atoms with E-state index < -0.39 is 23.3 Å². The molecular formula is C21H15F3N8OS. The maximum Gasteiger partial charge on any atom is 0.434 e. The maximum absolute atomic E-state index is 14.1. The molecule has 5 aromatic rings. The van der Waals surface area contributed by atoms with Gasteiger partial charge in [0, 0.05) is 11.6 Å². The third-order valence-corrected chi connectivity index (χ3v) is 5.96. The number of aryl methyl sites for hydroxylation is 2. The molecule has 1 N–H and O–H groups in total. The topological polar surface area (TPSA) is 103 Å². The number of hydrogen-bond donors (Lipinski definition) is 1. The van der Waals surface area contributed by atoms with Gasteiger partial charge in [-0.2, -0.15) is 28.5 Å². The Labute approximate surface area is 193 Å². The molecule has 13 heteroatoms. The molecule has 5 aromatic heterocycles. The first-order valence-electron chi connectivity index (χ1n) is 9.87. The summed E-state index contributed by atoms with van der Waals surface area (Å²) in [5, 5.41) is 16.8. The lowest BCUT2D eigenvalue weighted by molar-refractivity contribution is -0.143. The number of amides is 1. The summed E-state index contributed by atoms with van der Waals surface area (Å²) in [5.41, 5.74) is -0.394. The second kappa shape index (κ2) is 8.02. The highest BCUT2D eigenvalue weighted by Crippen LogP contribution is 2.36. The zero-order valence-electron chi connectivity index (χ0n) is 17.7. The number of fused-ring (bicyclic) bond motifs is 1. The van der Waals surface area contributed by atoms with Gasteiger partial charge in [-0.25, -0.2) is 9.67 Å². The van der Waals surface area contributed by atoms with Crippen LogP contribution in [0, 0.1) is 13.8 Å². The minimum Gasteiger partial charge on any atom is -0.320 e. The molecule has 9 nitrogen and oxygen atoms in total. The van der Waals surface area contributed by atoms with Gasteiger partial charge in [0.1, 0.15) is 0 Å². The minimum atomic E-state index is -4.85. The second-order valence-electron chi connectivity index (χ2n) is 7.34. The molecule has 1 amide bonds. The number of pyridine rings is 2. The van der Waals surface area contributed by atoms with E-state index in [1.54, 1.807) is 37.6 Å². The number of carbonyl (C=O) groups excluding carboxylic acids is 1. The van der Waals surface area contributed by atoms with Crippen LogP contribution in [0.4, 0.5) is 18.9 Å². The highest BCUT2D eigenvalue weighted by Gasteiger charge is 2.41. The van der Waals surface area contributed by atoms with E-state index in [4.69, 9.17) is 0 Å². The number of halogens is 3. The van der Waals surface area contributed by atoms with E-state index in [1.165, 1.54) is 34.7 Å². The molecule has 0 saturated heterocycles. The van der Waals surface area contributed by atoms with Crippen LogP contribution in [0.5, 0.6) is 0 Å². The van der Waals surface area contributed by atoms with E-state index in [9.17, 15) is 18.0 Å². The first kappa shape index (κ1) is 21.7. The van der Waals surface area contributed by atoms with E-state index in [2.05, 4.69) is 30.6 Å². The van der Waals surface area contributed by atoms with E-state index in [0.29, 0.717) is 31.8 Å². The Balaban J connectivity index is 1.54. The normalized spacial score (nSPS) is 11.8. The molecule has 0 unspecified atom stereocenters. The van der Waals surface area contributed by atoms with E-state index in [1.807, 2.05) is 0 Å². The minimum absolute atomic E-state index is 0.134. The number of nitrogens with one attached hydrogen (secondary N) is 1. The van der Waals surface area contributed by atoms with E-state index >= 15 is 0 Å². The van der Waals surface area contributed by atoms with Crippen LogP contribution in [0.25, 0.3) is 21.6 Å². The Morgan fingerprint density at radius 1 is 1.09 bits per heavy atom. The lowest BCUT2D eigenvalue weighted by Gasteiger charge is -2.14. The summed E-state index contributed by atoms with van der Waals surface area (Å²) in [5.74, 6) is -0.515. The Morgan fingerprint density at radius 3 is 2.59 bits per heavy atom. The summed E-state index contributed by atoms with van der Waals surface area (Å²) in [7, 11) is 0. The summed E-state index contributed by atoms with van der Waals surface area (Å²) in [6, 6.07) is 3.29. The van der Waals surface area contributed by atoms with Crippen LogP contribution in [0.2, 0.25) is 0 Å². The number of rotatable bonds is 4.